The van der Waals surface area contributed by atoms with E-state index < -0.39 is 0 Å². The van der Waals surface area contributed by atoms with Crippen LogP contribution in [0.15, 0.2) is 18.3 Å². The monoisotopic (exact) mass is 234 g/mol. The lowest BCUT2D eigenvalue weighted by Gasteiger charge is -2.26. The van der Waals surface area contributed by atoms with Crippen molar-refractivity contribution in [2.45, 2.75) is 64.0 Å². The molecule has 1 heterocycles. The molecule has 1 aliphatic carbocycles. The number of rotatable bonds is 5. The summed E-state index contributed by atoms with van der Waals surface area (Å²) in [6.07, 6.45) is 11.6. The van der Waals surface area contributed by atoms with Gasteiger partial charge in [0.15, 0.2) is 0 Å². The molecular formula is C15H26N2. The predicted octanol–water partition coefficient (Wildman–Crippen LogP) is 3.27. The second-order valence-electron chi connectivity index (χ2n) is 5.55. The molecule has 1 fully saturated rings. The van der Waals surface area contributed by atoms with E-state index in [1.165, 1.54) is 50.6 Å². The van der Waals surface area contributed by atoms with Crippen molar-refractivity contribution in [3.8, 4) is 0 Å². The number of aromatic nitrogens is 1. The molecule has 1 N–H and O–H groups in total. The van der Waals surface area contributed by atoms with Crippen molar-refractivity contribution in [2.75, 3.05) is 0 Å². The molecule has 1 unspecified atom stereocenters. The number of nitrogens with zero attached hydrogens (tertiary/aromatic N) is 1. The molecule has 1 atom stereocenters. The van der Waals surface area contributed by atoms with Gasteiger partial charge in [-0.15, -0.1) is 0 Å². The first-order valence-corrected chi connectivity index (χ1v) is 7.12. The maximum absolute atomic E-state index is 3.79. The maximum Gasteiger partial charge on any atom is 0.0172 e. The minimum absolute atomic E-state index is 0.646. The zero-order valence-corrected chi connectivity index (χ0v) is 11.3. The molecule has 0 saturated heterocycles. The SMILES string of the molecule is CC(CCc1cccn1C)NC1CCCCC1. The van der Waals surface area contributed by atoms with Crippen molar-refractivity contribution < 1.29 is 0 Å². The first-order valence-electron chi connectivity index (χ1n) is 7.12. The Morgan fingerprint density at radius 2 is 2.12 bits per heavy atom. The quantitative estimate of drug-likeness (QED) is 0.827. The second kappa shape index (κ2) is 6.25. The van der Waals surface area contributed by atoms with Crippen LogP contribution in [0.25, 0.3) is 0 Å². The van der Waals surface area contributed by atoms with Crippen LogP contribution in [0.3, 0.4) is 0 Å². The highest BCUT2D eigenvalue weighted by Crippen LogP contribution is 2.18. The van der Waals surface area contributed by atoms with E-state index in [0.717, 1.165) is 6.04 Å². The van der Waals surface area contributed by atoms with E-state index in [2.05, 4.69) is 42.2 Å². The van der Waals surface area contributed by atoms with E-state index in [1.807, 2.05) is 0 Å². The van der Waals surface area contributed by atoms with Crippen molar-refractivity contribution in [1.82, 2.24) is 9.88 Å². The third-order valence-electron chi connectivity index (χ3n) is 4.01. The highest BCUT2D eigenvalue weighted by molar-refractivity contribution is 5.06. The Kier molecular flexibility index (Phi) is 4.66. The Morgan fingerprint density at radius 3 is 2.76 bits per heavy atom. The minimum atomic E-state index is 0.646. The zero-order chi connectivity index (χ0) is 12.1. The van der Waals surface area contributed by atoms with E-state index in [1.54, 1.807) is 0 Å². The van der Waals surface area contributed by atoms with E-state index >= 15 is 0 Å². The topological polar surface area (TPSA) is 17.0 Å². The van der Waals surface area contributed by atoms with Crippen LogP contribution in [-0.2, 0) is 13.5 Å². The van der Waals surface area contributed by atoms with Crippen molar-refractivity contribution in [1.29, 1.82) is 0 Å². The van der Waals surface area contributed by atoms with Crippen LogP contribution < -0.4 is 5.32 Å². The van der Waals surface area contributed by atoms with Gasteiger partial charge in [-0.3, -0.25) is 0 Å². The van der Waals surface area contributed by atoms with Crippen molar-refractivity contribution >= 4 is 0 Å². The Labute approximate surface area is 105 Å². The fourth-order valence-corrected chi connectivity index (χ4v) is 2.88. The van der Waals surface area contributed by atoms with Crippen LogP contribution in [-0.4, -0.2) is 16.7 Å². The van der Waals surface area contributed by atoms with Gasteiger partial charge in [-0.05, 0) is 44.7 Å². The Hall–Kier alpha value is -0.760. The van der Waals surface area contributed by atoms with Gasteiger partial charge in [-0.2, -0.15) is 0 Å². The highest BCUT2D eigenvalue weighted by Gasteiger charge is 2.15. The van der Waals surface area contributed by atoms with Gasteiger partial charge in [-0.1, -0.05) is 19.3 Å². The van der Waals surface area contributed by atoms with Gasteiger partial charge >= 0.3 is 0 Å². The van der Waals surface area contributed by atoms with Crippen LogP contribution in [0.5, 0.6) is 0 Å². The normalized spacial score (nSPS) is 19.4. The van der Waals surface area contributed by atoms with Crippen molar-refractivity contribution in [3.63, 3.8) is 0 Å². The Balaban J connectivity index is 1.70. The van der Waals surface area contributed by atoms with Crippen LogP contribution >= 0.6 is 0 Å². The van der Waals surface area contributed by atoms with Gasteiger partial charge < -0.3 is 9.88 Å². The number of nitrogens with one attached hydrogen (secondary N) is 1. The van der Waals surface area contributed by atoms with Gasteiger partial charge in [0.2, 0.25) is 0 Å². The summed E-state index contributed by atoms with van der Waals surface area (Å²) in [4.78, 5) is 0. The second-order valence-corrected chi connectivity index (χ2v) is 5.55. The highest BCUT2D eigenvalue weighted by atomic mass is 15.0. The molecule has 0 radical (unpaired) electrons. The molecule has 2 heteroatoms. The summed E-state index contributed by atoms with van der Waals surface area (Å²) in [6.45, 7) is 2.33. The van der Waals surface area contributed by atoms with E-state index in [9.17, 15) is 0 Å². The summed E-state index contributed by atoms with van der Waals surface area (Å²) < 4.78 is 2.23. The standard InChI is InChI=1S/C15H26N2/c1-13(16-14-7-4-3-5-8-14)10-11-15-9-6-12-17(15)2/h6,9,12-14,16H,3-5,7-8,10-11H2,1-2H3. The van der Waals surface area contributed by atoms with E-state index in [0.29, 0.717) is 6.04 Å². The molecule has 1 aromatic heterocycles. The van der Waals surface area contributed by atoms with Crippen LogP contribution in [0.2, 0.25) is 0 Å². The minimum Gasteiger partial charge on any atom is -0.354 e. The maximum atomic E-state index is 3.79. The molecule has 0 bridgehead atoms. The predicted molar refractivity (Wildman–Crippen MR) is 73.2 cm³/mol. The Bertz CT molecular complexity index is 323. The van der Waals surface area contributed by atoms with Crippen LogP contribution in [0.1, 0.15) is 51.1 Å². The average molecular weight is 234 g/mol. The molecule has 0 amide bonds. The number of hydrogen-bond donors (Lipinski definition) is 1. The summed E-state index contributed by atoms with van der Waals surface area (Å²) in [5, 5.41) is 3.79. The smallest absolute Gasteiger partial charge is 0.0172 e. The van der Waals surface area contributed by atoms with Crippen LogP contribution in [0.4, 0.5) is 0 Å². The first-order chi connectivity index (χ1) is 8.25. The average Bonchev–Trinajstić information content (AvgIpc) is 2.74. The van der Waals surface area contributed by atoms with Gasteiger partial charge in [0, 0.05) is 31.0 Å². The molecule has 0 aromatic carbocycles. The lowest BCUT2D eigenvalue weighted by atomic mass is 9.94. The fraction of sp³-hybridized carbons (Fsp3) is 0.733. The molecule has 0 spiro atoms. The summed E-state index contributed by atoms with van der Waals surface area (Å²) in [6, 6.07) is 5.79. The number of hydrogen-bond acceptors (Lipinski definition) is 1. The summed E-state index contributed by atoms with van der Waals surface area (Å²) >= 11 is 0. The van der Waals surface area contributed by atoms with Crippen molar-refractivity contribution in [3.05, 3.63) is 24.0 Å². The summed E-state index contributed by atoms with van der Waals surface area (Å²) in [5.41, 5.74) is 1.45. The van der Waals surface area contributed by atoms with Gasteiger partial charge in [-0.25, -0.2) is 0 Å². The molecule has 2 nitrogen and oxygen atoms in total. The van der Waals surface area contributed by atoms with Gasteiger partial charge in [0.1, 0.15) is 0 Å². The Morgan fingerprint density at radius 1 is 1.35 bits per heavy atom. The summed E-state index contributed by atoms with van der Waals surface area (Å²) in [7, 11) is 2.13. The molecular weight excluding hydrogens is 208 g/mol. The first kappa shape index (κ1) is 12.7. The fourth-order valence-electron chi connectivity index (χ4n) is 2.88. The lowest BCUT2D eigenvalue weighted by Crippen LogP contribution is -2.38. The third kappa shape index (κ3) is 3.88. The van der Waals surface area contributed by atoms with E-state index in [4.69, 9.17) is 0 Å². The molecule has 2 rings (SSSR count). The van der Waals surface area contributed by atoms with Gasteiger partial charge in [0.25, 0.3) is 0 Å². The molecule has 1 aromatic rings. The third-order valence-corrected chi connectivity index (χ3v) is 4.01. The zero-order valence-electron chi connectivity index (χ0n) is 11.3. The summed E-state index contributed by atoms with van der Waals surface area (Å²) in [5.74, 6) is 0. The molecule has 0 aliphatic heterocycles. The van der Waals surface area contributed by atoms with Crippen molar-refractivity contribution in [2.24, 2.45) is 7.05 Å². The molecule has 17 heavy (non-hydrogen) atoms. The molecule has 1 aliphatic rings. The van der Waals surface area contributed by atoms with Gasteiger partial charge in [0.05, 0.1) is 0 Å². The largest absolute Gasteiger partial charge is 0.354 e. The lowest BCUT2D eigenvalue weighted by molar-refractivity contribution is 0.336. The van der Waals surface area contributed by atoms with Crippen LogP contribution in [0, 0.1) is 0 Å². The number of aryl methyl sites for hydroxylation is 2. The molecule has 96 valence electrons. The molecule has 1 saturated carbocycles. The van der Waals surface area contributed by atoms with E-state index in [-0.39, 0.29) is 0 Å².